The molecule has 0 aliphatic carbocycles. The number of nitrogens with zero attached hydrogens (tertiary/aromatic N) is 2. The molecule has 17 heavy (non-hydrogen) atoms. The van der Waals surface area contributed by atoms with Crippen LogP contribution < -0.4 is 11.3 Å². The molecular weight excluding hydrogens is 216 g/mol. The van der Waals surface area contributed by atoms with Gasteiger partial charge >= 0.3 is 0 Å². The minimum atomic E-state index is 0.314. The number of aromatic nitrogens is 2. The van der Waals surface area contributed by atoms with Gasteiger partial charge in [0.25, 0.3) is 0 Å². The minimum absolute atomic E-state index is 0.314. The van der Waals surface area contributed by atoms with E-state index in [1.807, 2.05) is 18.7 Å². The first kappa shape index (κ1) is 12.5. The number of aryl methyl sites for hydroxylation is 2. The highest BCUT2D eigenvalue weighted by atomic mass is 16.5. The van der Waals surface area contributed by atoms with Crippen LogP contribution in [0, 0.1) is 12.8 Å². The van der Waals surface area contributed by atoms with Crippen molar-refractivity contribution in [3.63, 3.8) is 0 Å². The van der Waals surface area contributed by atoms with Gasteiger partial charge in [-0.15, -0.1) is 0 Å². The maximum Gasteiger partial charge on any atom is 0.0596 e. The third-order valence-corrected chi connectivity index (χ3v) is 3.58. The van der Waals surface area contributed by atoms with Crippen molar-refractivity contribution < 1.29 is 4.74 Å². The first-order chi connectivity index (χ1) is 8.20. The average Bonchev–Trinajstić information content (AvgIpc) is 2.66. The van der Waals surface area contributed by atoms with Crippen LogP contribution in [0.15, 0.2) is 6.07 Å². The zero-order valence-electron chi connectivity index (χ0n) is 10.6. The van der Waals surface area contributed by atoms with Crippen molar-refractivity contribution in [1.82, 2.24) is 15.2 Å². The largest absolute Gasteiger partial charge is 0.381 e. The van der Waals surface area contributed by atoms with E-state index < -0.39 is 0 Å². The lowest BCUT2D eigenvalue weighted by Gasteiger charge is -2.29. The molecule has 0 amide bonds. The Balaban J connectivity index is 2.01. The van der Waals surface area contributed by atoms with E-state index in [-0.39, 0.29) is 0 Å². The summed E-state index contributed by atoms with van der Waals surface area (Å²) in [5.74, 6) is 6.29. The van der Waals surface area contributed by atoms with Gasteiger partial charge in [-0.05, 0) is 31.7 Å². The van der Waals surface area contributed by atoms with Crippen LogP contribution in [0.4, 0.5) is 0 Å². The lowest BCUT2D eigenvalue weighted by atomic mass is 9.89. The van der Waals surface area contributed by atoms with Crippen molar-refractivity contribution in [1.29, 1.82) is 0 Å². The maximum absolute atomic E-state index is 5.69. The van der Waals surface area contributed by atoms with Gasteiger partial charge in [-0.2, -0.15) is 5.10 Å². The van der Waals surface area contributed by atoms with E-state index in [0.29, 0.717) is 12.0 Å². The molecule has 0 saturated carbocycles. The summed E-state index contributed by atoms with van der Waals surface area (Å²) < 4.78 is 7.33. The molecule has 1 fully saturated rings. The van der Waals surface area contributed by atoms with Gasteiger partial charge in [0.15, 0.2) is 0 Å². The van der Waals surface area contributed by atoms with E-state index in [4.69, 9.17) is 10.6 Å². The summed E-state index contributed by atoms with van der Waals surface area (Å²) in [4.78, 5) is 0. The predicted octanol–water partition coefficient (Wildman–Crippen LogP) is 0.530. The highest BCUT2D eigenvalue weighted by Gasteiger charge is 2.24. The molecule has 2 heterocycles. The quantitative estimate of drug-likeness (QED) is 0.593. The van der Waals surface area contributed by atoms with Crippen LogP contribution in [0.5, 0.6) is 0 Å². The Hall–Kier alpha value is -0.910. The van der Waals surface area contributed by atoms with E-state index in [1.54, 1.807) is 0 Å². The first-order valence-corrected chi connectivity index (χ1v) is 6.24. The van der Waals surface area contributed by atoms with Crippen LogP contribution in [0.3, 0.4) is 0 Å². The van der Waals surface area contributed by atoms with Gasteiger partial charge in [-0.1, -0.05) is 0 Å². The first-order valence-electron chi connectivity index (χ1n) is 6.24. The van der Waals surface area contributed by atoms with Crippen LogP contribution in [0.2, 0.25) is 0 Å². The molecule has 0 aromatic carbocycles. The summed E-state index contributed by atoms with van der Waals surface area (Å²) in [5, 5.41) is 4.37. The summed E-state index contributed by atoms with van der Waals surface area (Å²) in [7, 11) is 1.99. The van der Waals surface area contributed by atoms with Crippen LogP contribution in [-0.2, 0) is 18.2 Å². The molecule has 3 N–H and O–H groups in total. The topological polar surface area (TPSA) is 65.1 Å². The molecule has 0 radical (unpaired) electrons. The van der Waals surface area contributed by atoms with E-state index in [1.165, 1.54) is 5.69 Å². The van der Waals surface area contributed by atoms with Gasteiger partial charge in [-0.3, -0.25) is 16.0 Å². The molecular formula is C12H22N4O. The summed E-state index contributed by atoms with van der Waals surface area (Å²) in [5.41, 5.74) is 5.25. The average molecular weight is 238 g/mol. The Labute approximate surface area is 102 Å². The molecule has 1 aromatic heterocycles. The highest BCUT2D eigenvalue weighted by Crippen LogP contribution is 2.21. The van der Waals surface area contributed by atoms with Crippen LogP contribution >= 0.6 is 0 Å². The fourth-order valence-electron chi connectivity index (χ4n) is 2.56. The Morgan fingerprint density at radius 3 is 2.82 bits per heavy atom. The van der Waals surface area contributed by atoms with Crippen molar-refractivity contribution in [2.24, 2.45) is 18.8 Å². The van der Waals surface area contributed by atoms with Crippen molar-refractivity contribution >= 4 is 0 Å². The van der Waals surface area contributed by atoms with Crippen LogP contribution in [0.1, 0.15) is 24.2 Å². The number of hydrazine groups is 1. The van der Waals surface area contributed by atoms with Crippen molar-refractivity contribution in [2.75, 3.05) is 13.2 Å². The molecule has 1 aromatic rings. The van der Waals surface area contributed by atoms with Gasteiger partial charge in [0.1, 0.15) is 0 Å². The molecule has 0 bridgehead atoms. The standard InChI is InChI=1S/C12H22N4O/c1-9-7-11(16(2)15-9)8-12(14-13)10-3-5-17-6-4-10/h7,10,12,14H,3-6,8,13H2,1-2H3. The number of rotatable bonds is 4. The number of nitrogens with two attached hydrogens (primary N) is 1. The van der Waals surface area contributed by atoms with Gasteiger partial charge in [0.2, 0.25) is 0 Å². The SMILES string of the molecule is Cc1cc(CC(NN)C2CCOCC2)n(C)n1. The van der Waals surface area contributed by atoms with E-state index in [2.05, 4.69) is 16.6 Å². The fourth-order valence-corrected chi connectivity index (χ4v) is 2.56. The molecule has 1 atom stereocenters. The summed E-state index contributed by atoms with van der Waals surface area (Å²) in [6.45, 7) is 3.73. The number of ether oxygens (including phenoxy) is 1. The third-order valence-electron chi connectivity index (χ3n) is 3.58. The molecule has 1 saturated heterocycles. The molecule has 5 heteroatoms. The second-order valence-electron chi connectivity index (χ2n) is 4.83. The Bertz CT molecular complexity index is 357. The number of hydrogen-bond acceptors (Lipinski definition) is 4. The third kappa shape index (κ3) is 3.06. The maximum atomic E-state index is 5.69. The van der Waals surface area contributed by atoms with Gasteiger partial charge in [0, 0.05) is 38.4 Å². The number of nitrogens with one attached hydrogen (secondary N) is 1. The predicted molar refractivity (Wildman–Crippen MR) is 66.3 cm³/mol. The van der Waals surface area contributed by atoms with Gasteiger partial charge in [-0.25, -0.2) is 0 Å². The monoisotopic (exact) mass is 238 g/mol. The van der Waals surface area contributed by atoms with Crippen LogP contribution in [0.25, 0.3) is 0 Å². The molecule has 5 nitrogen and oxygen atoms in total. The molecule has 0 spiro atoms. The zero-order valence-corrected chi connectivity index (χ0v) is 10.6. The van der Waals surface area contributed by atoms with E-state index >= 15 is 0 Å². The second-order valence-corrected chi connectivity index (χ2v) is 4.83. The smallest absolute Gasteiger partial charge is 0.0596 e. The summed E-state index contributed by atoms with van der Waals surface area (Å²) in [6, 6.07) is 2.44. The van der Waals surface area contributed by atoms with Crippen molar-refractivity contribution in [3.8, 4) is 0 Å². The second kappa shape index (κ2) is 5.62. The molecule has 1 aliphatic rings. The summed E-state index contributed by atoms with van der Waals surface area (Å²) >= 11 is 0. The molecule has 2 rings (SSSR count). The van der Waals surface area contributed by atoms with Crippen LogP contribution in [-0.4, -0.2) is 29.0 Å². The van der Waals surface area contributed by atoms with Crippen molar-refractivity contribution in [2.45, 2.75) is 32.2 Å². The Morgan fingerprint density at radius 2 is 2.29 bits per heavy atom. The Kier molecular flexibility index (Phi) is 4.15. The van der Waals surface area contributed by atoms with E-state index in [9.17, 15) is 0 Å². The number of hydrogen-bond donors (Lipinski definition) is 2. The fraction of sp³-hybridized carbons (Fsp3) is 0.750. The molecule has 1 unspecified atom stereocenters. The zero-order chi connectivity index (χ0) is 12.3. The normalized spacial score (nSPS) is 19.5. The van der Waals surface area contributed by atoms with Gasteiger partial charge < -0.3 is 4.74 Å². The lowest BCUT2D eigenvalue weighted by molar-refractivity contribution is 0.0535. The lowest BCUT2D eigenvalue weighted by Crippen LogP contribution is -2.44. The Morgan fingerprint density at radius 1 is 1.59 bits per heavy atom. The molecule has 1 aliphatic heterocycles. The van der Waals surface area contributed by atoms with E-state index in [0.717, 1.165) is 38.2 Å². The molecule has 96 valence electrons. The van der Waals surface area contributed by atoms with Crippen molar-refractivity contribution in [3.05, 3.63) is 17.5 Å². The van der Waals surface area contributed by atoms with Gasteiger partial charge in [0.05, 0.1) is 5.69 Å². The highest BCUT2D eigenvalue weighted by molar-refractivity contribution is 5.10. The minimum Gasteiger partial charge on any atom is -0.381 e. The summed E-state index contributed by atoms with van der Waals surface area (Å²) in [6.07, 6.45) is 3.11.